The molecule has 2 aliphatic heterocycles. The van der Waals surface area contributed by atoms with Crippen LogP contribution < -0.4 is 10.6 Å². The normalized spacial score (nSPS) is 30.2. The zero-order chi connectivity index (χ0) is 14.4. The molecule has 0 aromatic carbocycles. The number of rotatable bonds is 5. The summed E-state index contributed by atoms with van der Waals surface area (Å²) >= 11 is 2.09. The summed E-state index contributed by atoms with van der Waals surface area (Å²) in [6, 6.07) is 0. The molecule has 0 saturated carbocycles. The van der Waals surface area contributed by atoms with E-state index in [0.717, 1.165) is 25.0 Å². The Morgan fingerprint density at radius 1 is 1.43 bits per heavy atom. The molecule has 2 fully saturated rings. The molecule has 124 valence electrons. The minimum Gasteiger partial charge on any atom is -0.356 e. The van der Waals surface area contributed by atoms with Crippen molar-refractivity contribution in [1.29, 1.82) is 0 Å². The van der Waals surface area contributed by atoms with Crippen LogP contribution in [0.25, 0.3) is 0 Å². The van der Waals surface area contributed by atoms with E-state index in [1.807, 2.05) is 7.05 Å². The average Bonchev–Trinajstić information content (AvgIpc) is 3.08. The number of halogens is 1. The molecule has 0 aliphatic carbocycles. The van der Waals surface area contributed by atoms with Gasteiger partial charge in [-0.25, -0.2) is 0 Å². The van der Waals surface area contributed by atoms with E-state index in [2.05, 4.69) is 46.1 Å². The quantitative estimate of drug-likeness (QED) is 0.403. The van der Waals surface area contributed by atoms with Gasteiger partial charge < -0.3 is 15.5 Å². The molecular formula is C15H31IN4S. The third kappa shape index (κ3) is 6.14. The summed E-state index contributed by atoms with van der Waals surface area (Å²) < 4.78 is 0.393. The number of guanidine groups is 1. The fourth-order valence-corrected chi connectivity index (χ4v) is 4.32. The molecule has 0 aromatic rings. The monoisotopic (exact) mass is 426 g/mol. The van der Waals surface area contributed by atoms with Gasteiger partial charge in [0.05, 0.1) is 0 Å². The number of aliphatic imine (C=N–C) groups is 1. The Morgan fingerprint density at radius 2 is 2.24 bits per heavy atom. The first kappa shape index (κ1) is 19.4. The molecule has 0 spiro atoms. The second-order valence-electron chi connectivity index (χ2n) is 6.26. The van der Waals surface area contributed by atoms with E-state index in [1.54, 1.807) is 0 Å². The van der Waals surface area contributed by atoms with Gasteiger partial charge in [-0.05, 0) is 50.9 Å². The summed E-state index contributed by atoms with van der Waals surface area (Å²) in [7, 11) is 1.87. The van der Waals surface area contributed by atoms with Gasteiger partial charge in [-0.3, -0.25) is 4.99 Å². The fraction of sp³-hybridized carbons (Fsp3) is 0.933. The predicted octanol–water partition coefficient (Wildman–Crippen LogP) is 2.40. The molecule has 0 radical (unpaired) electrons. The largest absolute Gasteiger partial charge is 0.356 e. The summed E-state index contributed by atoms with van der Waals surface area (Å²) in [4.78, 5) is 6.88. The maximum atomic E-state index is 4.35. The van der Waals surface area contributed by atoms with E-state index in [-0.39, 0.29) is 24.0 Å². The Kier molecular flexibility index (Phi) is 8.71. The van der Waals surface area contributed by atoms with Crippen molar-refractivity contribution in [3.05, 3.63) is 0 Å². The van der Waals surface area contributed by atoms with Crippen LogP contribution in [0.4, 0.5) is 0 Å². The number of hydrogen-bond acceptors (Lipinski definition) is 3. The lowest BCUT2D eigenvalue weighted by atomic mass is 10.1. The van der Waals surface area contributed by atoms with Crippen molar-refractivity contribution < 1.29 is 0 Å². The van der Waals surface area contributed by atoms with Crippen molar-refractivity contribution in [2.75, 3.05) is 45.5 Å². The van der Waals surface area contributed by atoms with Gasteiger partial charge >= 0.3 is 0 Å². The van der Waals surface area contributed by atoms with Gasteiger partial charge in [-0.1, -0.05) is 6.92 Å². The molecule has 2 aliphatic rings. The van der Waals surface area contributed by atoms with Gasteiger partial charge in [0.2, 0.25) is 0 Å². The highest BCUT2D eigenvalue weighted by Crippen LogP contribution is 2.36. The maximum Gasteiger partial charge on any atom is 0.191 e. The van der Waals surface area contributed by atoms with Gasteiger partial charge in [0, 0.05) is 31.4 Å². The van der Waals surface area contributed by atoms with Crippen LogP contribution in [0.1, 0.15) is 33.1 Å². The number of nitrogens with one attached hydrogen (secondary N) is 2. The Labute approximate surface area is 151 Å². The summed E-state index contributed by atoms with van der Waals surface area (Å²) in [6.07, 6.45) is 3.98. The van der Waals surface area contributed by atoms with E-state index < -0.39 is 0 Å². The summed E-state index contributed by atoms with van der Waals surface area (Å²) in [5.41, 5.74) is 0. The van der Waals surface area contributed by atoms with Crippen LogP contribution in [-0.4, -0.2) is 61.1 Å². The third-order valence-electron chi connectivity index (χ3n) is 4.53. The van der Waals surface area contributed by atoms with E-state index in [0.29, 0.717) is 4.75 Å². The topological polar surface area (TPSA) is 39.7 Å². The Hall–Kier alpha value is 0.310. The van der Waals surface area contributed by atoms with Gasteiger partial charge in [0.15, 0.2) is 5.96 Å². The molecule has 2 heterocycles. The Morgan fingerprint density at radius 3 is 2.81 bits per heavy atom. The maximum absolute atomic E-state index is 4.35. The van der Waals surface area contributed by atoms with E-state index in [9.17, 15) is 0 Å². The molecule has 6 heteroatoms. The molecule has 21 heavy (non-hydrogen) atoms. The second kappa shape index (κ2) is 9.45. The molecule has 0 amide bonds. The smallest absolute Gasteiger partial charge is 0.191 e. The van der Waals surface area contributed by atoms with Gasteiger partial charge in [-0.2, -0.15) is 11.8 Å². The zero-order valence-corrected chi connectivity index (χ0v) is 16.8. The van der Waals surface area contributed by atoms with Crippen molar-refractivity contribution in [3.8, 4) is 0 Å². The summed E-state index contributed by atoms with van der Waals surface area (Å²) in [5.74, 6) is 3.04. The van der Waals surface area contributed by atoms with Crippen molar-refractivity contribution >= 4 is 41.7 Å². The second-order valence-corrected chi connectivity index (χ2v) is 7.94. The molecule has 2 atom stereocenters. The van der Waals surface area contributed by atoms with Crippen LogP contribution in [0.3, 0.4) is 0 Å². The number of likely N-dealkylation sites (tertiary alicyclic amines) is 1. The molecule has 0 bridgehead atoms. The summed E-state index contributed by atoms with van der Waals surface area (Å²) in [6.45, 7) is 10.3. The lowest BCUT2D eigenvalue weighted by molar-refractivity contribution is 0.341. The first-order valence-electron chi connectivity index (χ1n) is 7.96. The molecule has 2 N–H and O–H groups in total. The van der Waals surface area contributed by atoms with Crippen LogP contribution in [0.15, 0.2) is 4.99 Å². The van der Waals surface area contributed by atoms with Crippen LogP contribution in [0.5, 0.6) is 0 Å². The first-order valence-corrected chi connectivity index (χ1v) is 8.94. The van der Waals surface area contributed by atoms with Crippen molar-refractivity contribution in [2.24, 2.45) is 10.9 Å². The molecule has 2 unspecified atom stereocenters. The van der Waals surface area contributed by atoms with E-state index in [4.69, 9.17) is 0 Å². The lowest BCUT2D eigenvalue weighted by Gasteiger charge is -2.24. The average molecular weight is 426 g/mol. The third-order valence-corrected chi connectivity index (χ3v) is 6.07. The molecule has 2 saturated heterocycles. The molecule has 4 nitrogen and oxygen atoms in total. The summed E-state index contributed by atoms with van der Waals surface area (Å²) in [5, 5.41) is 7.01. The lowest BCUT2D eigenvalue weighted by Crippen LogP contribution is -2.45. The Balaban J connectivity index is 0.00000220. The fourth-order valence-electron chi connectivity index (χ4n) is 3.08. The minimum absolute atomic E-state index is 0. The highest BCUT2D eigenvalue weighted by atomic mass is 127. The van der Waals surface area contributed by atoms with Crippen LogP contribution in [-0.2, 0) is 0 Å². The van der Waals surface area contributed by atoms with Crippen molar-refractivity contribution in [3.63, 3.8) is 0 Å². The minimum atomic E-state index is 0. The predicted molar refractivity (Wildman–Crippen MR) is 105 cm³/mol. The highest BCUT2D eigenvalue weighted by molar-refractivity contribution is 14.0. The van der Waals surface area contributed by atoms with Crippen molar-refractivity contribution in [1.82, 2.24) is 15.5 Å². The molecule has 0 aromatic heterocycles. The number of hydrogen-bond donors (Lipinski definition) is 2. The SMILES string of the molecule is CCN1CCC(CNC(=NC)NCC2(C)CCCS2)C1.I. The standard InChI is InChI=1S/C15H30N4S.HI/c1-4-19-8-6-13(11-19)10-17-14(16-3)18-12-15(2)7-5-9-20-15;/h13H,4-12H2,1-3H3,(H2,16,17,18);1H. The van der Waals surface area contributed by atoms with Crippen LogP contribution >= 0.6 is 35.7 Å². The zero-order valence-electron chi connectivity index (χ0n) is 13.7. The van der Waals surface area contributed by atoms with Crippen LogP contribution in [0.2, 0.25) is 0 Å². The van der Waals surface area contributed by atoms with Gasteiger partial charge in [0.25, 0.3) is 0 Å². The van der Waals surface area contributed by atoms with E-state index in [1.165, 1.54) is 44.6 Å². The molecular weight excluding hydrogens is 395 g/mol. The number of thioether (sulfide) groups is 1. The number of nitrogens with zero attached hydrogens (tertiary/aromatic N) is 2. The highest BCUT2D eigenvalue weighted by Gasteiger charge is 2.29. The van der Waals surface area contributed by atoms with Crippen molar-refractivity contribution in [2.45, 2.75) is 37.9 Å². The van der Waals surface area contributed by atoms with Gasteiger partial charge in [-0.15, -0.1) is 24.0 Å². The Bertz CT molecular complexity index is 332. The molecule has 2 rings (SSSR count). The van der Waals surface area contributed by atoms with E-state index >= 15 is 0 Å². The van der Waals surface area contributed by atoms with Crippen LogP contribution in [0, 0.1) is 5.92 Å². The van der Waals surface area contributed by atoms with Gasteiger partial charge in [0.1, 0.15) is 0 Å². The first-order chi connectivity index (χ1) is 9.65.